The van der Waals surface area contributed by atoms with Crippen LogP contribution in [-0.4, -0.2) is 43.0 Å². The Bertz CT molecular complexity index is 1030. The number of amides is 2. The fourth-order valence-corrected chi connectivity index (χ4v) is 4.95. The van der Waals surface area contributed by atoms with Gasteiger partial charge in [0.1, 0.15) is 0 Å². The highest BCUT2D eigenvalue weighted by Crippen LogP contribution is 2.48. The number of ether oxygens (including phenoxy) is 2. The number of benzene rings is 2. The minimum Gasteiger partial charge on any atom is -0.490 e. The first-order valence-electron chi connectivity index (χ1n) is 12.1. The second-order valence-corrected chi connectivity index (χ2v) is 9.10. The van der Waals surface area contributed by atoms with Crippen LogP contribution in [-0.2, 0) is 11.2 Å². The standard InChI is InChI=1S/C27H34N2O4/c1-5-32-22-15-18-12-14-29-25(21(18)16-23(22)33-6-2)24(26(30)28-13-11-17(3)4)19-9-7-8-10-20(19)27(29)31/h7-10,15-17,24-25H,5-6,11-14H2,1-4H3,(H,28,30)/t24-,25-/m1/s1. The molecule has 0 saturated heterocycles. The van der Waals surface area contributed by atoms with Crippen LogP contribution in [0.2, 0.25) is 0 Å². The molecule has 2 aromatic rings. The van der Waals surface area contributed by atoms with Crippen LogP contribution in [0.1, 0.15) is 73.1 Å². The van der Waals surface area contributed by atoms with Gasteiger partial charge in [-0.15, -0.1) is 0 Å². The van der Waals surface area contributed by atoms with Crippen molar-refractivity contribution >= 4 is 11.8 Å². The van der Waals surface area contributed by atoms with E-state index < -0.39 is 5.92 Å². The quantitative estimate of drug-likeness (QED) is 0.644. The topological polar surface area (TPSA) is 67.9 Å². The lowest BCUT2D eigenvalue weighted by atomic mass is 9.75. The van der Waals surface area contributed by atoms with E-state index in [0.717, 1.165) is 23.1 Å². The van der Waals surface area contributed by atoms with Gasteiger partial charge in [0, 0.05) is 18.7 Å². The Kier molecular flexibility index (Phi) is 6.91. The number of carbonyl (C=O) groups excluding carboxylic acids is 2. The molecule has 2 atom stereocenters. The fourth-order valence-electron chi connectivity index (χ4n) is 4.95. The Morgan fingerprint density at radius 3 is 2.48 bits per heavy atom. The number of nitrogens with zero attached hydrogens (tertiary/aromatic N) is 1. The van der Waals surface area contributed by atoms with Gasteiger partial charge in [-0.1, -0.05) is 32.0 Å². The molecule has 2 heterocycles. The minimum atomic E-state index is -0.475. The number of hydrogen-bond acceptors (Lipinski definition) is 4. The largest absolute Gasteiger partial charge is 0.490 e. The fraction of sp³-hybridized carbons (Fsp3) is 0.481. The number of nitrogens with one attached hydrogen (secondary N) is 1. The second-order valence-electron chi connectivity index (χ2n) is 9.10. The molecule has 2 aromatic carbocycles. The Balaban J connectivity index is 1.81. The van der Waals surface area contributed by atoms with Gasteiger partial charge >= 0.3 is 0 Å². The van der Waals surface area contributed by atoms with Crippen molar-refractivity contribution in [1.29, 1.82) is 0 Å². The number of rotatable bonds is 8. The Labute approximate surface area is 196 Å². The van der Waals surface area contributed by atoms with E-state index in [-0.39, 0.29) is 17.9 Å². The molecule has 0 unspecified atom stereocenters. The predicted octanol–water partition coefficient (Wildman–Crippen LogP) is 4.48. The first-order chi connectivity index (χ1) is 16.0. The Hall–Kier alpha value is -3.02. The average molecular weight is 451 g/mol. The van der Waals surface area contributed by atoms with Crippen molar-refractivity contribution in [2.24, 2.45) is 5.92 Å². The van der Waals surface area contributed by atoms with Crippen LogP contribution in [0.4, 0.5) is 0 Å². The SMILES string of the molecule is CCOc1cc2c(cc1OCC)[C@@H]1[C@H](C(=O)NCCC(C)C)c3ccccc3C(=O)N1CC2. The van der Waals surface area contributed by atoms with Crippen LogP contribution in [0.15, 0.2) is 36.4 Å². The molecule has 0 saturated carbocycles. The molecular formula is C27H34N2O4. The van der Waals surface area contributed by atoms with Crippen LogP contribution in [0.25, 0.3) is 0 Å². The van der Waals surface area contributed by atoms with E-state index in [1.54, 1.807) is 0 Å². The molecule has 6 nitrogen and oxygen atoms in total. The first-order valence-corrected chi connectivity index (χ1v) is 12.1. The predicted molar refractivity (Wildman–Crippen MR) is 128 cm³/mol. The maximum Gasteiger partial charge on any atom is 0.254 e. The summed E-state index contributed by atoms with van der Waals surface area (Å²) in [5, 5.41) is 3.14. The molecule has 33 heavy (non-hydrogen) atoms. The Morgan fingerprint density at radius 2 is 1.79 bits per heavy atom. The molecule has 0 aliphatic carbocycles. The molecule has 0 bridgehead atoms. The lowest BCUT2D eigenvalue weighted by Gasteiger charge is -2.45. The second kappa shape index (κ2) is 9.86. The maximum atomic E-state index is 13.6. The highest BCUT2D eigenvalue weighted by Gasteiger charge is 2.46. The van der Waals surface area contributed by atoms with Gasteiger partial charge in [-0.25, -0.2) is 0 Å². The molecule has 0 fully saturated rings. The van der Waals surface area contributed by atoms with Crippen molar-refractivity contribution in [3.8, 4) is 11.5 Å². The number of hydrogen-bond donors (Lipinski definition) is 1. The van der Waals surface area contributed by atoms with Gasteiger partial charge in [0.25, 0.3) is 5.91 Å². The highest BCUT2D eigenvalue weighted by molar-refractivity contribution is 6.01. The van der Waals surface area contributed by atoms with E-state index in [0.29, 0.717) is 55.7 Å². The van der Waals surface area contributed by atoms with E-state index >= 15 is 0 Å². The summed E-state index contributed by atoms with van der Waals surface area (Å²) in [4.78, 5) is 28.9. The first kappa shape index (κ1) is 23.1. The van der Waals surface area contributed by atoms with E-state index in [2.05, 4.69) is 19.2 Å². The summed E-state index contributed by atoms with van der Waals surface area (Å²) in [5.74, 6) is 1.35. The minimum absolute atomic E-state index is 0.0145. The monoisotopic (exact) mass is 450 g/mol. The molecule has 176 valence electrons. The van der Waals surface area contributed by atoms with Crippen LogP contribution in [0.5, 0.6) is 11.5 Å². The van der Waals surface area contributed by atoms with Gasteiger partial charge in [-0.05, 0) is 67.5 Å². The van der Waals surface area contributed by atoms with Gasteiger partial charge in [0.15, 0.2) is 11.5 Å². The zero-order chi connectivity index (χ0) is 23.5. The van der Waals surface area contributed by atoms with Crippen molar-refractivity contribution in [2.45, 2.75) is 52.5 Å². The molecule has 2 aliphatic heterocycles. The zero-order valence-electron chi connectivity index (χ0n) is 20.0. The molecule has 1 N–H and O–H groups in total. The lowest BCUT2D eigenvalue weighted by Crippen LogP contribution is -2.50. The normalized spacial score (nSPS) is 18.9. The highest BCUT2D eigenvalue weighted by atomic mass is 16.5. The third-order valence-electron chi connectivity index (χ3n) is 6.49. The van der Waals surface area contributed by atoms with Crippen molar-refractivity contribution in [2.75, 3.05) is 26.3 Å². The number of fused-ring (bicyclic) bond motifs is 4. The van der Waals surface area contributed by atoms with Crippen molar-refractivity contribution in [1.82, 2.24) is 10.2 Å². The smallest absolute Gasteiger partial charge is 0.254 e. The molecular weight excluding hydrogens is 416 g/mol. The van der Waals surface area contributed by atoms with Crippen molar-refractivity contribution in [3.63, 3.8) is 0 Å². The molecule has 0 spiro atoms. The van der Waals surface area contributed by atoms with Crippen LogP contribution in [0, 0.1) is 5.92 Å². The van der Waals surface area contributed by atoms with Gasteiger partial charge in [-0.2, -0.15) is 0 Å². The maximum absolute atomic E-state index is 13.6. The summed E-state index contributed by atoms with van der Waals surface area (Å²) in [6.07, 6.45) is 1.63. The van der Waals surface area contributed by atoms with Gasteiger partial charge in [-0.3, -0.25) is 9.59 Å². The van der Waals surface area contributed by atoms with E-state index in [1.807, 2.05) is 55.1 Å². The van der Waals surface area contributed by atoms with Gasteiger partial charge in [0.2, 0.25) is 5.91 Å². The molecule has 2 aliphatic rings. The average Bonchev–Trinajstić information content (AvgIpc) is 2.80. The van der Waals surface area contributed by atoms with Crippen LogP contribution >= 0.6 is 0 Å². The third kappa shape index (κ3) is 4.43. The molecule has 4 rings (SSSR count). The van der Waals surface area contributed by atoms with Crippen molar-refractivity contribution in [3.05, 3.63) is 58.7 Å². The molecule has 2 amide bonds. The summed E-state index contributed by atoms with van der Waals surface area (Å²) in [6.45, 7) is 10.4. The van der Waals surface area contributed by atoms with Crippen LogP contribution in [0.3, 0.4) is 0 Å². The molecule has 0 aromatic heterocycles. The lowest BCUT2D eigenvalue weighted by molar-refractivity contribution is -0.124. The van der Waals surface area contributed by atoms with Gasteiger partial charge < -0.3 is 19.7 Å². The summed E-state index contributed by atoms with van der Waals surface area (Å²) in [6, 6.07) is 11.2. The van der Waals surface area contributed by atoms with E-state index in [9.17, 15) is 9.59 Å². The van der Waals surface area contributed by atoms with E-state index in [1.165, 1.54) is 0 Å². The summed E-state index contributed by atoms with van der Waals surface area (Å²) < 4.78 is 11.7. The Morgan fingerprint density at radius 1 is 1.09 bits per heavy atom. The van der Waals surface area contributed by atoms with Crippen LogP contribution < -0.4 is 14.8 Å². The van der Waals surface area contributed by atoms with Crippen molar-refractivity contribution < 1.29 is 19.1 Å². The zero-order valence-corrected chi connectivity index (χ0v) is 20.0. The third-order valence-corrected chi connectivity index (χ3v) is 6.49. The van der Waals surface area contributed by atoms with Gasteiger partial charge in [0.05, 0.1) is 25.2 Å². The summed E-state index contributed by atoms with van der Waals surface area (Å²) >= 11 is 0. The number of carbonyl (C=O) groups is 2. The molecule has 6 heteroatoms. The summed E-state index contributed by atoms with van der Waals surface area (Å²) in [7, 11) is 0. The molecule has 0 radical (unpaired) electrons. The van der Waals surface area contributed by atoms with E-state index in [4.69, 9.17) is 9.47 Å². The summed E-state index contributed by atoms with van der Waals surface area (Å²) in [5.41, 5.74) is 3.50.